The molecule has 0 fully saturated rings. The van der Waals surface area contributed by atoms with E-state index >= 15 is 0 Å². The van der Waals surface area contributed by atoms with Gasteiger partial charge in [-0.1, -0.05) is 41.9 Å². The van der Waals surface area contributed by atoms with Gasteiger partial charge >= 0.3 is 0 Å². The van der Waals surface area contributed by atoms with Crippen LogP contribution in [0.2, 0.25) is 5.15 Å². The van der Waals surface area contributed by atoms with E-state index in [0.29, 0.717) is 28.5 Å². The number of hydrogen-bond donors (Lipinski definition) is 3. The van der Waals surface area contributed by atoms with Gasteiger partial charge in [-0.05, 0) is 39.2 Å². The van der Waals surface area contributed by atoms with E-state index in [9.17, 15) is 10.2 Å². The molecule has 2 rings (SSSR count). The number of nitrogens with one attached hydrogen (secondary N) is 1. The van der Waals surface area contributed by atoms with Crippen LogP contribution >= 0.6 is 27.5 Å². The lowest BCUT2D eigenvalue weighted by Crippen LogP contribution is -2.39. The van der Waals surface area contributed by atoms with Crippen LogP contribution in [0, 0.1) is 0 Å². The average molecular weight is 416 g/mol. The Labute approximate surface area is 154 Å². The summed E-state index contributed by atoms with van der Waals surface area (Å²) in [6.07, 6.45) is -0.759. The molecule has 0 amide bonds. The second-order valence-electron chi connectivity index (χ2n) is 5.35. The predicted octanol–water partition coefficient (Wildman–Crippen LogP) is 2.70. The molecule has 0 spiro atoms. The molecule has 0 radical (unpaired) electrons. The molecule has 130 valence electrons. The van der Waals surface area contributed by atoms with Gasteiger partial charge in [0.05, 0.1) is 32.0 Å². The minimum absolute atomic E-state index is 0.0810. The maximum absolute atomic E-state index is 10.2. The first kappa shape index (κ1) is 19.3. The van der Waals surface area contributed by atoms with Crippen molar-refractivity contribution in [3.05, 3.63) is 63.3 Å². The zero-order chi connectivity index (χ0) is 17.4. The highest BCUT2D eigenvalue weighted by atomic mass is 79.9. The molecule has 7 heteroatoms. The second-order valence-corrected chi connectivity index (χ2v) is 6.55. The zero-order valence-electron chi connectivity index (χ0n) is 13.0. The monoisotopic (exact) mass is 414 g/mol. The SMILES string of the molecule is OC[C@H](COCc1ccccc1)NCC(O)c1cc(Cl)nc(Br)c1. The average Bonchev–Trinajstić information content (AvgIpc) is 2.57. The molecule has 24 heavy (non-hydrogen) atoms. The first-order valence-electron chi connectivity index (χ1n) is 7.55. The van der Waals surface area contributed by atoms with Crippen molar-refractivity contribution in [2.45, 2.75) is 18.8 Å². The van der Waals surface area contributed by atoms with Gasteiger partial charge in [-0.3, -0.25) is 0 Å². The summed E-state index contributed by atoms with van der Waals surface area (Å²) in [5.41, 5.74) is 1.72. The maximum atomic E-state index is 10.2. The largest absolute Gasteiger partial charge is 0.395 e. The Bertz CT molecular complexity index is 610. The number of nitrogens with zero attached hydrogens (tertiary/aromatic N) is 1. The van der Waals surface area contributed by atoms with Crippen LogP contribution in [0.1, 0.15) is 17.2 Å². The van der Waals surface area contributed by atoms with Crippen molar-refractivity contribution >= 4 is 27.5 Å². The van der Waals surface area contributed by atoms with Crippen LogP contribution in [0.4, 0.5) is 0 Å². The molecule has 0 aliphatic rings. The fourth-order valence-electron chi connectivity index (χ4n) is 2.14. The van der Waals surface area contributed by atoms with Gasteiger partial charge in [-0.25, -0.2) is 4.98 Å². The third-order valence-electron chi connectivity index (χ3n) is 3.42. The van der Waals surface area contributed by atoms with Crippen LogP contribution in [0.3, 0.4) is 0 Å². The van der Waals surface area contributed by atoms with E-state index in [1.54, 1.807) is 12.1 Å². The fraction of sp³-hybridized carbons (Fsp3) is 0.353. The first-order chi connectivity index (χ1) is 11.6. The molecule has 0 saturated carbocycles. The van der Waals surface area contributed by atoms with Crippen molar-refractivity contribution in [2.24, 2.45) is 0 Å². The Kier molecular flexibility index (Phi) is 8.11. The molecule has 1 aromatic carbocycles. The molecule has 1 heterocycles. The van der Waals surface area contributed by atoms with E-state index in [4.69, 9.17) is 16.3 Å². The van der Waals surface area contributed by atoms with E-state index in [-0.39, 0.29) is 19.2 Å². The van der Waals surface area contributed by atoms with Gasteiger partial charge in [0.1, 0.15) is 9.76 Å². The first-order valence-corrected chi connectivity index (χ1v) is 8.72. The minimum atomic E-state index is -0.759. The number of ether oxygens (including phenoxy) is 1. The number of benzene rings is 1. The van der Waals surface area contributed by atoms with Crippen molar-refractivity contribution in [1.29, 1.82) is 0 Å². The summed E-state index contributed by atoms with van der Waals surface area (Å²) in [5, 5.41) is 23.1. The Morgan fingerprint density at radius 2 is 2.00 bits per heavy atom. The second kappa shape index (κ2) is 10.1. The van der Waals surface area contributed by atoms with E-state index in [0.717, 1.165) is 5.56 Å². The van der Waals surface area contributed by atoms with Gasteiger partial charge in [0, 0.05) is 6.54 Å². The molecule has 3 N–H and O–H groups in total. The van der Waals surface area contributed by atoms with Gasteiger partial charge in [0.2, 0.25) is 0 Å². The quantitative estimate of drug-likeness (QED) is 0.549. The number of pyridine rings is 1. The van der Waals surface area contributed by atoms with Crippen LogP contribution in [-0.2, 0) is 11.3 Å². The maximum Gasteiger partial charge on any atom is 0.130 e. The Morgan fingerprint density at radius 3 is 2.67 bits per heavy atom. The number of halogens is 2. The Hall–Kier alpha value is -1.02. The predicted molar refractivity (Wildman–Crippen MR) is 96.9 cm³/mol. The third-order valence-corrected chi connectivity index (χ3v) is 4.02. The minimum Gasteiger partial charge on any atom is -0.395 e. The topological polar surface area (TPSA) is 74.6 Å². The highest BCUT2D eigenvalue weighted by Gasteiger charge is 2.13. The van der Waals surface area contributed by atoms with Crippen LogP contribution in [0.5, 0.6) is 0 Å². The molecule has 0 bridgehead atoms. The van der Waals surface area contributed by atoms with E-state index in [2.05, 4.69) is 26.2 Å². The van der Waals surface area contributed by atoms with Crippen LogP contribution < -0.4 is 5.32 Å². The highest BCUT2D eigenvalue weighted by molar-refractivity contribution is 9.10. The van der Waals surface area contributed by atoms with Crippen molar-refractivity contribution < 1.29 is 14.9 Å². The molecule has 0 aliphatic heterocycles. The lowest BCUT2D eigenvalue weighted by atomic mass is 10.1. The van der Waals surface area contributed by atoms with Crippen molar-refractivity contribution in [2.75, 3.05) is 19.8 Å². The number of aromatic nitrogens is 1. The molecule has 1 aromatic heterocycles. The zero-order valence-corrected chi connectivity index (χ0v) is 15.4. The van der Waals surface area contributed by atoms with Gasteiger partial charge in [0.15, 0.2) is 0 Å². The number of rotatable bonds is 9. The Balaban J connectivity index is 1.77. The molecule has 0 aliphatic carbocycles. The molecule has 5 nitrogen and oxygen atoms in total. The highest BCUT2D eigenvalue weighted by Crippen LogP contribution is 2.20. The van der Waals surface area contributed by atoms with E-state index in [1.807, 2.05) is 30.3 Å². The summed E-state index contributed by atoms with van der Waals surface area (Å²) in [5.74, 6) is 0. The lowest BCUT2D eigenvalue weighted by molar-refractivity contribution is 0.0711. The van der Waals surface area contributed by atoms with Gasteiger partial charge in [-0.15, -0.1) is 0 Å². The van der Waals surface area contributed by atoms with Crippen LogP contribution in [0.15, 0.2) is 47.1 Å². The summed E-state index contributed by atoms with van der Waals surface area (Å²) < 4.78 is 6.17. The van der Waals surface area contributed by atoms with E-state index in [1.165, 1.54) is 0 Å². The van der Waals surface area contributed by atoms with Crippen LogP contribution in [-0.4, -0.2) is 41.0 Å². The molecule has 1 unspecified atom stereocenters. The molecular formula is C17H20BrClN2O3. The Morgan fingerprint density at radius 1 is 1.25 bits per heavy atom. The molecule has 2 atom stereocenters. The lowest BCUT2D eigenvalue weighted by Gasteiger charge is -2.19. The number of aliphatic hydroxyl groups excluding tert-OH is 2. The van der Waals surface area contributed by atoms with Gasteiger partial charge < -0.3 is 20.3 Å². The fourth-order valence-corrected chi connectivity index (χ4v) is 2.92. The van der Waals surface area contributed by atoms with Gasteiger partial charge in [-0.2, -0.15) is 0 Å². The smallest absolute Gasteiger partial charge is 0.130 e. The van der Waals surface area contributed by atoms with Crippen molar-refractivity contribution in [3.63, 3.8) is 0 Å². The number of hydrogen-bond acceptors (Lipinski definition) is 5. The number of aliphatic hydroxyl groups is 2. The summed E-state index contributed by atoms with van der Waals surface area (Å²) in [6, 6.07) is 12.9. The normalized spacial score (nSPS) is 13.7. The third kappa shape index (κ3) is 6.47. The molecular weight excluding hydrogens is 396 g/mol. The summed E-state index contributed by atoms with van der Waals surface area (Å²) in [7, 11) is 0. The van der Waals surface area contributed by atoms with Gasteiger partial charge in [0.25, 0.3) is 0 Å². The summed E-state index contributed by atoms with van der Waals surface area (Å²) in [4.78, 5) is 3.99. The van der Waals surface area contributed by atoms with Crippen molar-refractivity contribution in [1.82, 2.24) is 10.3 Å². The van der Waals surface area contributed by atoms with Crippen molar-refractivity contribution in [3.8, 4) is 0 Å². The molecule has 0 saturated heterocycles. The summed E-state index contributed by atoms with van der Waals surface area (Å²) in [6.45, 7) is 1.02. The standard InChI is InChI=1S/C17H20BrClN2O3/c18-16-6-13(7-17(19)21-16)15(23)8-20-14(9-22)11-24-10-12-4-2-1-3-5-12/h1-7,14-15,20,22-23H,8-11H2/t14-,15?/m1/s1. The molecule has 2 aromatic rings. The van der Waals surface area contributed by atoms with E-state index < -0.39 is 6.10 Å². The van der Waals surface area contributed by atoms with Crippen LogP contribution in [0.25, 0.3) is 0 Å². The summed E-state index contributed by atoms with van der Waals surface area (Å²) >= 11 is 9.12.